The average molecular weight is 218 g/mol. The summed E-state index contributed by atoms with van der Waals surface area (Å²) >= 11 is 0. The molecule has 0 radical (unpaired) electrons. The third kappa shape index (κ3) is 1.78. The molecular weight excluding hydrogens is 196 g/mol. The van der Waals surface area contributed by atoms with E-state index in [9.17, 15) is 0 Å². The van der Waals surface area contributed by atoms with Gasteiger partial charge in [0.05, 0.1) is 0 Å². The van der Waals surface area contributed by atoms with Crippen LogP contribution in [0.3, 0.4) is 0 Å². The van der Waals surface area contributed by atoms with Gasteiger partial charge in [0.25, 0.3) is 0 Å². The first-order valence-electron chi connectivity index (χ1n) is 6.27. The monoisotopic (exact) mass is 218 g/mol. The van der Waals surface area contributed by atoms with E-state index < -0.39 is 0 Å². The van der Waals surface area contributed by atoms with Gasteiger partial charge in [0, 0.05) is 6.61 Å². The standard InChI is InChI=1S/C15H22O/c1-11(13-7-5-4-6-8-13)14-12(2)15(14,3)9-10-16/h4-8,11-12,14,16H,9-10H2,1-3H3/t11?,12-,14+,15-/m0/s1. The highest BCUT2D eigenvalue weighted by Crippen LogP contribution is 2.65. The predicted molar refractivity (Wildman–Crippen MR) is 67.3 cm³/mol. The number of benzene rings is 1. The molecule has 1 N–H and O–H groups in total. The largest absolute Gasteiger partial charge is 0.396 e. The van der Waals surface area contributed by atoms with E-state index in [0.29, 0.717) is 17.9 Å². The van der Waals surface area contributed by atoms with Crippen LogP contribution in [0.1, 0.15) is 38.7 Å². The van der Waals surface area contributed by atoms with Gasteiger partial charge in [-0.15, -0.1) is 0 Å². The number of hydrogen-bond acceptors (Lipinski definition) is 1. The fraction of sp³-hybridized carbons (Fsp3) is 0.600. The van der Waals surface area contributed by atoms with Crippen molar-refractivity contribution in [1.82, 2.24) is 0 Å². The molecule has 1 aromatic carbocycles. The summed E-state index contributed by atoms with van der Waals surface area (Å²) in [6.07, 6.45) is 0.940. The van der Waals surface area contributed by atoms with Crippen LogP contribution in [0.5, 0.6) is 0 Å². The van der Waals surface area contributed by atoms with Gasteiger partial charge in [0.1, 0.15) is 0 Å². The lowest BCUT2D eigenvalue weighted by molar-refractivity contribution is 0.241. The predicted octanol–water partition coefficient (Wildman–Crippen LogP) is 3.44. The molecule has 0 spiro atoms. The minimum absolute atomic E-state index is 0.318. The van der Waals surface area contributed by atoms with Gasteiger partial charge in [0.2, 0.25) is 0 Å². The summed E-state index contributed by atoms with van der Waals surface area (Å²) in [4.78, 5) is 0. The molecule has 16 heavy (non-hydrogen) atoms. The molecule has 0 bridgehead atoms. The van der Waals surface area contributed by atoms with Crippen molar-refractivity contribution in [3.05, 3.63) is 35.9 Å². The van der Waals surface area contributed by atoms with Gasteiger partial charge in [-0.3, -0.25) is 0 Å². The Hall–Kier alpha value is -0.820. The Balaban J connectivity index is 2.11. The normalized spacial score (nSPS) is 34.8. The molecule has 0 aromatic heterocycles. The van der Waals surface area contributed by atoms with Crippen LogP contribution in [-0.4, -0.2) is 11.7 Å². The van der Waals surface area contributed by atoms with E-state index in [1.807, 2.05) is 0 Å². The summed E-state index contributed by atoms with van der Waals surface area (Å²) in [5, 5.41) is 9.13. The van der Waals surface area contributed by atoms with Crippen molar-refractivity contribution in [3.8, 4) is 0 Å². The third-order valence-corrected chi connectivity index (χ3v) is 4.75. The zero-order valence-corrected chi connectivity index (χ0v) is 10.5. The molecule has 1 aromatic rings. The number of rotatable bonds is 4. The topological polar surface area (TPSA) is 20.2 Å². The van der Waals surface area contributed by atoms with Crippen LogP contribution < -0.4 is 0 Å². The quantitative estimate of drug-likeness (QED) is 0.820. The molecule has 1 heteroatoms. The summed E-state index contributed by atoms with van der Waals surface area (Å²) < 4.78 is 0. The van der Waals surface area contributed by atoms with Gasteiger partial charge in [-0.2, -0.15) is 0 Å². The van der Waals surface area contributed by atoms with Gasteiger partial charge in [-0.1, -0.05) is 51.1 Å². The molecular formula is C15H22O. The van der Waals surface area contributed by atoms with E-state index in [2.05, 4.69) is 51.1 Å². The summed E-state index contributed by atoms with van der Waals surface area (Å²) in [5.74, 6) is 2.06. The Kier molecular flexibility index (Phi) is 3.07. The Morgan fingerprint density at radius 3 is 2.50 bits per heavy atom. The lowest BCUT2D eigenvalue weighted by atomic mass is 9.90. The van der Waals surface area contributed by atoms with Crippen LogP contribution in [0.15, 0.2) is 30.3 Å². The van der Waals surface area contributed by atoms with Crippen LogP contribution in [0.4, 0.5) is 0 Å². The second-order valence-corrected chi connectivity index (χ2v) is 5.49. The minimum atomic E-state index is 0.318. The zero-order valence-electron chi connectivity index (χ0n) is 10.5. The Bertz CT molecular complexity index is 346. The van der Waals surface area contributed by atoms with Crippen LogP contribution in [0.2, 0.25) is 0 Å². The molecule has 88 valence electrons. The summed E-state index contributed by atoms with van der Waals surface area (Å²) in [5.41, 5.74) is 1.78. The minimum Gasteiger partial charge on any atom is -0.396 e. The van der Waals surface area contributed by atoms with Crippen molar-refractivity contribution in [2.24, 2.45) is 17.3 Å². The lowest BCUT2D eigenvalue weighted by Crippen LogP contribution is -2.06. The second kappa shape index (κ2) is 4.21. The van der Waals surface area contributed by atoms with Gasteiger partial charge >= 0.3 is 0 Å². The van der Waals surface area contributed by atoms with E-state index in [4.69, 9.17) is 5.11 Å². The molecule has 1 fully saturated rings. The van der Waals surface area contributed by atoms with E-state index in [1.165, 1.54) is 5.56 Å². The van der Waals surface area contributed by atoms with Crippen LogP contribution >= 0.6 is 0 Å². The fourth-order valence-corrected chi connectivity index (χ4v) is 3.44. The molecule has 0 heterocycles. The maximum atomic E-state index is 9.13. The maximum Gasteiger partial charge on any atom is 0.0436 e. The van der Waals surface area contributed by atoms with Crippen molar-refractivity contribution in [1.29, 1.82) is 0 Å². The molecule has 1 unspecified atom stereocenters. The lowest BCUT2D eigenvalue weighted by Gasteiger charge is -2.15. The summed E-state index contributed by atoms with van der Waals surface area (Å²) in [7, 11) is 0. The summed E-state index contributed by atoms with van der Waals surface area (Å²) in [6, 6.07) is 10.7. The van der Waals surface area contributed by atoms with Crippen molar-refractivity contribution in [3.63, 3.8) is 0 Å². The number of aliphatic hydroxyl groups excluding tert-OH is 1. The second-order valence-electron chi connectivity index (χ2n) is 5.49. The van der Waals surface area contributed by atoms with Gasteiger partial charge in [-0.05, 0) is 35.2 Å². The van der Waals surface area contributed by atoms with Crippen molar-refractivity contribution in [2.45, 2.75) is 33.1 Å². The van der Waals surface area contributed by atoms with Gasteiger partial charge < -0.3 is 5.11 Å². The molecule has 0 amide bonds. The smallest absolute Gasteiger partial charge is 0.0436 e. The molecule has 4 atom stereocenters. The van der Waals surface area contributed by atoms with E-state index in [1.54, 1.807) is 0 Å². The van der Waals surface area contributed by atoms with Crippen LogP contribution in [-0.2, 0) is 0 Å². The Labute approximate surface area is 98.5 Å². The first-order chi connectivity index (χ1) is 7.61. The third-order valence-electron chi connectivity index (χ3n) is 4.75. The first-order valence-corrected chi connectivity index (χ1v) is 6.27. The molecule has 1 aliphatic carbocycles. The van der Waals surface area contributed by atoms with Crippen molar-refractivity contribution >= 4 is 0 Å². The number of hydrogen-bond donors (Lipinski definition) is 1. The van der Waals surface area contributed by atoms with Gasteiger partial charge in [-0.25, -0.2) is 0 Å². The average Bonchev–Trinajstić information content (AvgIpc) is 2.82. The fourth-order valence-electron chi connectivity index (χ4n) is 3.44. The van der Waals surface area contributed by atoms with Gasteiger partial charge in [0.15, 0.2) is 0 Å². The summed E-state index contributed by atoms with van der Waals surface area (Å²) in [6.45, 7) is 7.27. The first kappa shape index (κ1) is 11.7. The molecule has 0 aliphatic heterocycles. The van der Waals surface area contributed by atoms with E-state index in [-0.39, 0.29) is 0 Å². The van der Waals surface area contributed by atoms with E-state index in [0.717, 1.165) is 18.3 Å². The molecule has 0 saturated heterocycles. The molecule has 1 aliphatic rings. The zero-order chi connectivity index (χ0) is 11.8. The molecule has 2 rings (SSSR count). The SMILES string of the molecule is CC(c1ccccc1)[C@@H]1[C@H](C)[C@]1(C)CCO. The van der Waals surface area contributed by atoms with Crippen LogP contribution in [0, 0.1) is 17.3 Å². The molecule has 1 saturated carbocycles. The highest BCUT2D eigenvalue weighted by atomic mass is 16.3. The Morgan fingerprint density at radius 2 is 1.94 bits per heavy atom. The number of aliphatic hydroxyl groups is 1. The molecule has 1 nitrogen and oxygen atoms in total. The van der Waals surface area contributed by atoms with Crippen molar-refractivity contribution < 1.29 is 5.11 Å². The highest BCUT2D eigenvalue weighted by molar-refractivity contribution is 5.24. The van der Waals surface area contributed by atoms with Crippen LogP contribution in [0.25, 0.3) is 0 Å². The van der Waals surface area contributed by atoms with E-state index >= 15 is 0 Å². The Morgan fingerprint density at radius 1 is 1.31 bits per heavy atom. The maximum absolute atomic E-state index is 9.13. The highest BCUT2D eigenvalue weighted by Gasteiger charge is 2.59. The van der Waals surface area contributed by atoms with Crippen molar-refractivity contribution in [2.75, 3.05) is 6.61 Å².